The van der Waals surface area contributed by atoms with Gasteiger partial charge in [-0.15, -0.1) is 0 Å². The molecule has 0 spiro atoms. The van der Waals surface area contributed by atoms with Crippen LogP contribution >= 0.6 is 23.5 Å². The number of anilines is 2. The fraction of sp³-hybridized carbons (Fsp3) is 0.103. The van der Waals surface area contributed by atoms with Crippen LogP contribution in [0.25, 0.3) is 12.2 Å². The predicted octanol–water partition coefficient (Wildman–Crippen LogP) is 6.05. The number of halogens is 2. The molecule has 3 aliphatic rings. The Morgan fingerprint density at radius 3 is 1.62 bits per heavy atom. The molecule has 0 bridgehead atoms. The molecule has 0 aromatic heterocycles. The highest BCUT2D eigenvalue weighted by molar-refractivity contribution is 8.18. The standard InChI is InChI=1S/C29H19F2N3O4S2/c30-20-2-1-3-21(31)19(20)14-34-22-8-4-15(12-24-26(35)32-28(37)39-24)10-17(22)6-7-18-11-16(5-9-23(18)34)13-25-27(36)33-29(38)40-25/h1-5,8-13H,6-7,14H2,(H,32,35,37)(H,33,36,38)/b24-12-,25-13+. The van der Waals surface area contributed by atoms with E-state index in [0.29, 0.717) is 24.0 Å². The molecule has 0 radical (unpaired) electrons. The van der Waals surface area contributed by atoms with Crippen molar-refractivity contribution in [2.24, 2.45) is 0 Å². The van der Waals surface area contributed by atoms with Crippen LogP contribution in [0.1, 0.15) is 27.8 Å². The number of hydrogen-bond donors (Lipinski definition) is 2. The van der Waals surface area contributed by atoms with E-state index in [0.717, 1.165) is 46.0 Å². The van der Waals surface area contributed by atoms with E-state index in [-0.39, 0.29) is 21.9 Å². The first kappa shape index (κ1) is 26.0. The van der Waals surface area contributed by atoms with Crippen LogP contribution in [0, 0.1) is 11.6 Å². The van der Waals surface area contributed by atoms with E-state index in [1.165, 1.54) is 18.2 Å². The van der Waals surface area contributed by atoms with Gasteiger partial charge in [0.25, 0.3) is 22.3 Å². The summed E-state index contributed by atoms with van der Waals surface area (Å²) in [5.41, 5.74) is 4.66. The van der Waals surface area contributed by atoms with Crippen LogP contribution < -0.4 is 15.5 Å². The molecule has 11 heteroatoms. The van der Waals surface area contributed by atoms with Crippen molar-refractivity contribution in [1.82, 2.24) is 10.6 Å². The van der Waals surface area contributed by atoms with Gasteiger partial charge in [0.1, 0.15) is 11.6 Å². The van der Waals surface area contributed by atoms with Gasteiger partial charge in [-0.3, -0.25) is 29.8 Å². The van der Waals surface area contributed by atoms with Crippen LogP contribution in [-0.4, -0.2) is 22.3 Å². The van der Waals surface area contributed by atoms with Gasteiger partial charge >= 0.3 is 0 Å². The number of rotatable bonds is 4. The van der Waals surface area contributed by atoms with E-state index in [1.807, 2.05) is 29.2 Å². The van der Waals surface area contributed by atoms with Crippen molar-refractivity contribution in [3.63, 3.8) is 0 Å². The van der Waals surface area contributed by atoms with E-state index >= 15 is 0 Å². The molecule has 0 saturated carbocycles. The molecule has 2 saturated heterocycles. The summed E-state index contributed by atoms with van der Waals surface area (Å²) in [6.07, 6.45) is 4.45. The van der Waals surface area contributed by atoms with Gasteiger partial charge < -0.3 is 4.90 Å². The van der Waals surface area contributed by atoms with Gasteiger partial charge in [-0.05, 0) is 107 Å². The average Bonchev–Trinajstić information content (AvgIpc) is 3.35. The summed E-state index contributed by atoms with van der Waals surface area (Å²) >= 11 is 1.66. The van der Waals surface area contributed by atoms with Crippen LogP contribution in [0.2, 0.25) is 0 Å². The van der Waals surface area contributed by atoms with E-state index in [1.54, 1.807) is 24.3 Å². The lowest BCUT2D eigenvalue weighted by atomic mass is 10.0. The summed E-state index contributed by atoms with van der Waals surface area (Å²) in [6, 6.07) is 14.9. The number of benzene rings is 3. The first-order valence-electron chi connectivity index (χ1n) is 12.2. The quantitative estimate of drug-likeness (QED) is 0.366. The highest BCUT2D eigenvalue weighted by atomic mass is 32.2. The summed E-state index contributed by atoms with van der Waals surface area (Å²) in [7, 11) is 0. The predicted molar refractivity (Wildman–Crippen MR) is 151 cm³/mol. The highest BCUT2D eigenvalue weighted by Crippen LogP contribution is 2.40. The molecule has 0 aliphatic carbocycles. The maximum atomic E-state index is 14.8. The van der Waals surface area contributed by atoms with Crippen molar-refractivity contribution in [3.05, 3.63) is 104 Å². The van der Waals surface area contributed by atoms with E-state index in [9.17, 15) is 28.0 Å². The number of hydrogen-bond acceptors (Lipinski definition) is 7. The molecular weight excluding hydrogens is 556 g/mol. The first-order valence-corrected chi connectivity index (χ1v) is 13.8. The zero-order valence-corrected chi connectivity index (χ0v) is 22.3. The molecule has 3 aromatic carbocycles. The molecule has 40 heavy (non-hydrogen) atoms. The molecular formula is C29H19F2N3O4S2. The largest absolute Gasteiger partial charge is 0.336 e. The summed E-state index contributed by atoms with van der Waals surface area (Å²) in [6.45, 7) is -0.0705. The summed E-state index contributed by atoms with van der Waals surface area (Å²) in [5.74, 6) is -2.21. The zero-order valence-electron chi connectivity index (χ0n) is 20.6. The fourth-order valence-corrected chi connectivity index (χ4v) is 6.24. The maximum absolute atomic E-state index is 14.8. The molecule has 0 unspecified atom stereocenters. The Bertz CT molecular complexity index is 1580. The van der Waals surface area contributed by atoms with Gasteiger partial charge in [0.15, 0.2) is 0 Å². The number of nitrogens with zero attached hydrogens (tertiary/aromatic N) is 1. The number of aryl methyl sites for hydroxylation is 2. The third-order valence-electron chi connectivity index (χ3n) is 6.71. The smallest absolute Gasteiger partial charge is 0.290 e. The summed E-state index contributed by atoms with van der Waals surface area (Å²) < 4.78 is 29.5. The Morgan fingerprint density at radius 1 is 0.725 bits per heavy atom. The fourth-order valence-electron chi connectivity index (χ4n) is 4.87. The molecule has 3 aliphatic heterocycles. The SMILES string of the molecule is O=C1NC(=O)/C(=C/c2ccc3c(c2)CCc2cc(/C=C4/SC(=O)NC4=O)ccc2N3Cc2c(F)cccc2F)S1. The summed E-state index contributed by atoms with van der Waals surface area (Å²) in [5, 5.41) is 3.62. The third-order valence-corrected chi connectivity index (χ3v) is 8.33. The monoisotopic (exact) mass is 575 g/mol. The van der Waals surface area contributed by atoms with Crippen LogP contribution in [0.15, 0.2) is 64.4 Å². The minimum atomic E-state index is -0.655. The normalized spacial score (nSPS) is 18.6. The lowest BCUT2D eigenvalue weighted by Crippen LogP contribution is -2.20. The van der Waals surface area contributed by atoms with E-state index in [4.69, 9.17) is 0 Å². The van der Waals surface area contributed by atoms with Crippen molar-refractivity contribution in [1.29, 1.82) is 0 Å². The van der Waals surface area contributed by atoms with Gasteiger partial charge in [0.2, 0.25) is 0 Å². The lowest BCUT2D eigenvalue weighted by Gasteiger charge is -2.28. The second-order valence-corrected chi connectivity index (χ2v) is 11.3. The van der Waals surface area contributed by atoms with Crippen LogP contribution in [0.3, 0.4) is 0 Å². The number of nitrogens with one attached hydrogen (secondary N) is 2. The van der Waals surface area contributed by atoms with Crippen LogP contribution in [-0.2, 0) is 29.0 Å². The van der Waals surface area contributed by atoms with Gasteiger partial charge in [0, 0.05) is 16.9 Å². The number of amides is 4. The van der Waals surface area contributed by atoms with Gasteiger partial charge in [-0.25, -0.2) is 8.78 Å². The molecule has 6 rings (SSSR count). The Kier molecular flexibility index (Phi) is 6.77. The Morgan fingerprint density at radius 2 is 1.20 bits per heavy atom. The zero-order chi connectivity index (χ0) is 28.0. The molecule has 200 valence electrons. The lowest BCUT2D eigenvalue weighted by molar-refractivity contribution is -0.116. The molecule has 7 nitrogen and oxygen atoms in total. The number of carbonyl (C=O) groups is 4. The first-order chi connectivity index (χ1) is 19.2. The van der Waals surface area contributed by atoms with Crippen molar-refractivity contribution >= 4 is 69.3 Å². The highest BCUT2D eigenvalue weighted by Gasteiger charge is 2.28. The Balaban J connectivity index is 1.42. The molecule has 4 amide bonds. The van der Waals surface area contributed by atoms with Gasteiger partial charge in [0.05, 0.1) is 16.4 Å². The number of thioether (sulfide) groups is 2. The van der Waals surface area contributed by atoms with E-state index in [2.05, 4.69) is 10.6 Å². The topological polar surface area (TPSA) is 95.6 Å². The molecule has 0 atom stereocenters. The van der Waals surface area contributed by atoms with Gasteiger partial charge in [-0.2, -0.15) is 0 Å². The molecule has 3 heterocycles. The van der Waals surface area contributed by atoms with E-state index < -0.39 is 33.9 Å². The van der Waals surface area contributed by atoms with Crippen LogP contribution in [0.4, 0.5) is 29.7 Å². The number of fused-ring (bicyclic) bond motifs is 2. The third kappa shape index (κ3) is 5.05. The second kappa shape index (κ2) is 10.4. The maximum Gasteiger partial charge on any atom is 0.290 e. The molecule has 2 fully saturated rings. The number of carbonyl (C=O) groups excluding carboxylic acids is 4. The minimum absolute atomic E-state index is 0.0705. The second-order valence-electron chi connectivity index (χ2n) is 9.27. The van der Waals surface area contributed by atoms with Crippen molar-refractivity contribution < 1.29 is 28.0 Å². The summed E-state index contributed by atoms with van der Waals surface area (Å²) in [4.78, 5) is 49.7. The van der Waals surface area contributed by atoms with Crippen molar-refractivity contribution in [2.45, 2.75) is 19.4 Å². The minimum Gasteiger partial charge on any atom is -0.336 e. The van der Waals surface area contributed by atoms with Crippen molar-refractivity contribution in [2.75, 3.05) is 4.90 Å². The Labute approximate surface area is 235 Å². The molecule has 2 N–H and O–H groups in total. The van der Waals surface area contributed by atoms with Gasteiger partial charge in [-0.1, -0.05) is 18.2 Å². The number of imide groups is 2. The Hall–Kier alpha value is -4.22. The van der Waals surface area contributed by atoms with Crippen molar-refractivity contribution in [3.8, 4) is 0 Å². The van der Waals surface area contributed by atoms with Crippen LogP contribution in [0.5, 0.6) is 0 Å². The molecule has 3 aromatic rings. The average molecular weight is 576 g/mol.